The average molecular weight is 572 g/mol. The Hall–Kier alpha value is -5.17. The Balaban J connectivity index is 1.54. The molecule has 1 fully saturated rings. The van der Waals surface area contributed by atoms with Crippen molar-refractivity contribution in [2.75, 3.05) is 26.2 Å². The smallest absolute Gasteiger partial charge is 0.185 e. The third-order valence-electron chi connectivity index (χ3n) is 9.12. The Morgan fingerprint density at radius 3 is 2.05 bits per heavy atom. The highest BCUT2D eigenvalue weighted by molar-refractivity contribution is 6.32. The van der Waals surface area contributed by atoms with E-state index in [0.29, 0.717) is 39.5 Å². The van der Waals surface area contributed by atoms with Crippen LogP contribution in [0.5, 0.6) is 17.2 Å². The first kappa shape index (κ1) is 26.7. The molecule has 1 spiro atoms. The summed E-state index contributed by atoms with van der Waals surface area (Å²) in [7, 11) is 4.66. The third-order valence-corrected chi connectivity index (χ3v) is 9.12. The second kappa shape index (κ2) is 9.98. The van der Waals surface area contributed by atoms with Crippen LogP contribution in [0.1, 0.15) is 48.1 Å². The van der Waals surface area contributed by atoms with Gasteiger partial charge in [-0.05, 0) is 53.6 Å². The monoisotopic (exact) mass is 571 g/mol. The fraction of sp³-hybridized carbons (Fsp3) is 0.194. The first-order valence-electron chi connectivity index (χ1n) is 14.1. The number of carbonyl (C=O) groups excluding carboxylic acids is 3. The number of ketones is 3. The van der Waals surface area contributed by atoms with Crippen LogP contribution in [0.15, 0.2) is 97.1 Å². The quantitative estimate of drug-likeness (QED) is 0.207. The summed E-state index contributed by atoms with van der Waals surface area (Å²) in [5, 5.41) is 0. The molecule has 0 saturated carbocycles. The van der Waals surface area contributed by atoms with Gasteiger partial charge in [-0.15, -0.1) is 0 Å². The molecule has 3 aliphatic rings. The van der Waals surface area contributed by atoms with Crippen LogP contribution in [-0.4, -0.2) is 50.8 Å². The van der Waals surface area contributed by atoms with E-state index in [1.807, 2.05) is 47.4 Å². The normalized spacial score (nSPS) is 20.9. The molecule has 7 rings (SSSR count). The third kappa shape index (κ3) is 3.64. The number of para-hydroxylation sites is 1. The summed E-state index contributed by atoms with van der Waals surface area (Å²) in [4.78, 5) is 46.4. The Morgan fingerprint density at radius 1 is 0.744 bits per heavy atom. The molecule has 0 amide bonds. The van der Waals surface area contributed by atoms with Gasteiger partial charge in [-0.1, -0.05) is 60.7 Å². The Kier molecular flexibility index (Phi) is 6.20. The molecule has 4 aromatic carbocycles. The van der Waals surface area contributed by atoms with E-state index in [-0.39, 0.29) is 17.3 Å². The van der Waals surface area contributed by atoms with Crippen molar-refractivity contribution in [1.29, 1.82) is 0 Å². The number of nitrogens with zero attached hydrogens (tertiary/aromatic N) is 1. The number of anilines is 1. The molecule has 43 heavy (non-hydrogen) atoms. The molecule has 1 saturated heterocycles. The van der Waals surface area contributed by atoms with Crippen LogP contribution in [0.3, 0.4) is 0 Å². The molecule has 0 unspecified atom stereocenters. The van der Waals surface area contributed by atoms with Crippen LogP contribution in [-0.2, 0) is 0 Å². The molecule has 1 aliphatic carbocycles. The first-order valence-corrected chi connectivity index (χ1v) is 14.1. The lowest BCUT2D eigenvalue weighted by Crippen LogP contribution is -2.48. The van der Waals surface area contributed by atoms with Gasteiger partial charge in [-0.2, -0.15) is 0 Å². The van der Waals surface area contributed by atoms with E-state index in [2.05, 4.69) is 0 Å². The van der Waals surface area contributed by atoms with Crippen LogP contribution in [0, 0.1) is 5.41 Å². The van der Waals surface area contributed by atoms with E-state index < -0.39 is 23.4 Å². The summed E-state index contributed by atoms with van der Waals surface area (Å²) in [6.45, 7) is 0. The van der Waals surface area contributed by atoms with E-state index in [0.717, 1.165) is 11.3 Å². The summed E-state index contributed by atoms with van der Waals surface area (Å²) >= 11 is 0. The van der Waals surface area contributed by atoms with Gasteiger partial charge in [0.2, 0.25) is 0 Å². The van der Waals surface area contributed by atoms with Gasteiger partial charge in [0.1, 0.15) is 17.2 Å². The number of hydrogen-bond acceptors (Lipinski definition) is 7. The topological polar surface area (TPSA) is 82.1 Å². The van der Waals surface area contributed by atoms with E-state index >= 15 is 0 Å². The summed E-state index contributed by atoms with van der Waals surface area (Å²) in [5.41, 5.74) is 1.95. The van der Waals surface area contributed by atoms with Gasteiger partial charge in [0.15, 0.2) is 28.8 Å². The number of methoxy groups -OCH3 is 3. The van der Waals surface area contributed by atoms with Crippen molar-refractivity contribution in [3.8, 4) is 17.2 Å². The molecule has 0 aromatic heterocycles. The zero-order valence-electron chi connectivity index (χ0n) is 23.9. The van der Waals surface area contributed by atoms with Crippen molar-refractivity contribution in [3.05, 3.63) is 125 Å². The summed E-state index contributed by atoms with van der Waals surface area (Å²) in [5.74, 6) is -0.0414. The van der Waals surface area contributed by atoms with Gasteiger partial charge in [0.25, 0.3) is 0 Å². The Bertz CT molecular complexity index is 1790. The minimum atomic E-state index is -1.60. The van der Waals surface area contributed by atoms with E-state index in [1.54, 1.807) is 74.9 Å². The van der Waals surface area contributed by atoms with Crippen LogP contribution in [0.25, 0.3) is 6.08 Å². The molecule has 0 radical (unpaired) electrons. The van der Waals surface area contributed by atoms with Crippen LogP contribution < -0.4 is 19.1 Å². The lowest BCUT2D eigenvalue weighted by Gasteiger charge is -2.37. The van der Waals surface area contributed by atoms with Gasteiger partial charge in [-0.25, -0.2) is 0 Å². The molecule has 2 heterocycles. The van der Waals surface area contributed by atoms with E-state index in [4.69, 9.17) is 14.2 Å². The summed E-state index contributed by atoms with van der Waals surface area (Å²) in [6.07, 6.45) is 3.87. The molecule has 7 nitrogen and oxygen atoms in total. The van der Waals surface area contributed by atoms with Crippen molar-refractivity contribution in [2.24, 2.45) is 5.41 Å². The number of rotatable bonds is 6. The number of benzene rings is 4. The molecule has 0 N–H and O–H groups in total. The highest BCUT2D eigenvalue weighted by Gasteiger charge is 2.71. The summed E-state index contributed by atoms with van der Waals surface area (Å²) < 4.78 is 16.5. The highest BCUT2D eigenvalue weighted by Crippen LogP contribution is 2.61. The SMILES string of the molecule is COc1ccc(C(=O)[C@@H]2[C@H](c3ccc(OC)c(OC)c3)C3(C(=O)c4ccccc4C3=O)[C@@H]3C=Cc4ccccc4N23)cc1. The van der Waals surface area contributed by atoms with Crippen molar-refractivity contribution >= 4 is 29.1 Å². The predicted molar refractivity (Wildman–Crippen MR) is 163 cm³/mol. The Morgan fingerprint density at radius 2 is 1.40 bits per heavy atom. The van der Waals surface area contributed by atoms with Gasteiger partial charge in [-0.3, -0.25) is 14.4 Å². The molecule has 7 heteroatoms. The molecule has 4 aromatic rings. The van der Waals surface area contributed by atoms with E-state index in [1.165, 1.54) is 7.11 Å². The van der Waals surface area contributed by atoms with Crippen molar-refractivity contribution in [3.63, 3.8) is 0 Å². The standard InChI is InChI=1S/C36H29NO6/c1-41-24-16-12-22(13-17-24)33(38)32-31(23-14-18-28(42-2)29(20-23)43-3)36(34(39)25-9-5-6-10-26(25)35(36)40)30-19-15-21-8-4-7-11-27(21)37(30)32/h4-20,30-32H,1-3H3/t30-,31-,32-/m0/s1. The highest BCUT2D eigenvalue weighted by atomic mass is 16.5. The van der Waals surface area contributed by atoms with Crippen LogP contribution >= 0.6 is 0 Å². The largest absolute Gasteiger partial charge is 0.497 e. The van der Waals surface area contributed by atoms with Gasteiger partial charge in [0.05, 0.1) is 27.4 Å². The van der Waals surface area contributed by atoms with Gasteiger partial charge in [0, 0.05) is 28.3 Å². The number of carbonyl (C=O) groups is 3. The lowest BCUT2D eigenvalue weighted by atomic mass is 9.64. The van der Waals surface area contributed by atoms with Crippen molar-refractivity contribution in [1.82, 2.24) is 0 Å². The molecule has 2 aliphatic heterocycles. The lowest BCUT2D eigenvalue weighted by molar-refractivity contribution is 0.0665. The predicted octanol–water partition coefficient (Wildman–Crippen LogP) is 6.03. The molecule has 0 bridgehead atoms. The minimum absolute atomic E-state index is 0.203. The zero-order chi connectivity index (χ0) is 29.9. The van der Waals surface area contributed by atoms with Crippen molar-refractivity contribution in [2.45, 2.75) is 18.0 Å². The maximum Gasteiger partial charge on any atom is 0.185 e. The first-order chi connectivity index (χ1) is 20.9. The number of ether oxygens (including phenoxy) is 3. The number of fused-ring (bicyclic) bond motifs is 5. The van der Waals surface area contributed by atoms with Crippen LogP contribution in [0.2, 0.25) is 0 Å². The van der Waals surface area contributed by atoms with Crippen LogP contribution in [0.4, 0.5) is 5.69 Å². The molecule has 214 valence electrons. The zero-order valence-corrected chi connectivity index (χ0v) is 23.9. The minimum Gasteiger partial charge on any atom is -0.497 e. The van der Waals surface area contributed by atoms with Gasteiger partial charge >= 0.3 is 0 Å². The number of hydrogen-bond donors (Lipinski definition) is 0. The van der Waals surface area contributed by atoms with E-state index in [9.17, 15) is 14.4 Å². The summed E-state index contributed by atoms with van der Waals surface area (Å²) in [6, 6.07) is 25.4. The fourth-order valence-corrected chi connectivity index (χ4v) is 7.26. The average Bonchev–Trinajstić information content (AvgIpc) is 3.50. The maximum absolute atomic E-state index is 14.8. The molecular formula is C36H29NO6. The second-order valence-corrected chi connectivity index (χ2v) is 11.0. The van der Waals surface area contributed by atoms with Crippen molar-refractivity contribution < 1.29 is 28.6 Å². The Labute approximate surface area is 249 Å². The number of Topliss-reactive ketones (excluding diaryl/α,β-unsaturated/α-hetero) is 3. The molecule has 3 atom stereocenters. The second-order valence-electron chi connectivity index (χ2n) is 11.0. The van der Waals surface area contributed by atoms with Gasteiger partial charge < -0.3 is 19.1 Å². The molecular weight excluding hydrogens is 542 g/mol. The fourth-order valence-electron chi connectivity index (χ4n) is 7.26. The maximum atomic E-state index is 14.8.